The first kappa shape index (κ1) is 13.6. The van der Waals surface area contributed by atoms with Crippen molar-refractivity contribution in [2.45, 2.75) is 38.3 Å². The molecule has 1 saturated heterocycles. The second kappa shape index (κ2) is 5.54. The molecule has 2 atom stereocenters. The number of aromatic amines is 1. The highest BCUT2D eigenvalue weighted by Gasteiger charge is 2.33. The van der Waals surface area contributed by atoms with Gasteiger partial charge in [-0.3, -0.25) is 14.8 Å². The third-order valence-electron chi connectivity index (χ3n) is 4.44. The molecule has 1 aliphatic heterocycles. The SMILES string of the molecule is Cc1cc(C(=O)N2CCN([C@H]3CCC[C@H]3O)CC2)n[nH]1. The monoisotopic (exact) mass is 278 g/mol. The summed E-state index contributed by atoms with van der Waals surface area (Å²) in [4.78, 5) is 16.5. The van der Waals surface area contributed by atoms with E-state index in [0.717, 1.165) is 38.0 Å². The van der Waals surface area contributed by atoms with Crippen molar-refractivity contribution in [1.29, 1.82) is 0 Å². The number of H-pyrrole nitrogens is 1. The van der Waals surface area contributed by atoms with Gasteiger partial charge in [0.1, 0.15) is 5.69 Å². The maximum atomic E-state index is 12.3. The highest BCUT2D eigenvalue weighted by Crippen LogP contribution is 2.25. The van der Waals surface area contributed by atoms with Crippen molar-refractivity contribution >= 4 is 5.91 Å². The molecule has 1 aromatic rings. The van der Waals surface area contributed by atoms with Gasteiger partial charge in [0.25, 0.3) is 5.91 Å². The molecule has 2 fully saturated rings. The summed E-state index contributed by atoms with van der Waals surface area (Å²) in [5.41, 5.74) is 1.40. The van der Waals surface area contributed by atoms with E-state index in [9.17, 15) is 9.90 Å². The molecule has 1 aliphatic carbocycles. The van der Waals surface area contributed by atoms with Crippen molar-refractivity contribution < 1.29 is 9.90 Å². The van der Waals surface area contributed by atoms with Gasteiger partial charge in [-0.1, -0.05) is 0 Å². The summed E-state index contributed by atoms with van der Waals surface area (Å²) in [6.45, 7) is 5.01. The van der Waals surface area contributed by atoms with Crippen LogP contribution in [0.1, 0.15) is 35.4 Å². The molecular formula is C14H22N4O2. The number of amides is 1. The van der Waals surface area contributed by atoms with Crippen LogP contribution in [0, 0.1) is 6.92 Å². The fourth-order valence-corrected chi connectivity index (χ4v) is 3.29. The predicted molar refractivity (Wildman–Crippen MR) is 74.4 cm³/mol. The first-order valence-electron chi connectivity index (χ1n) is 7.38. The van der Waals surface area contributed by atoms with E-state index < -0.39 is 0 Å². The van der Waals surface area contributed by atoms with Crippen LogP contribution < -0.4 is 0 Å². The number of carbonyl (C=O) groups excluding carboxylic acids is 1. The number of aliphatic hydroxyl groups excluding tert-OH is 1. The van der Waals surface area contributed by atoms with E-state index >= 15 is 0 Å². The molecule has 1 saturated carbocycles. The summed E-state index contributed by atoms with van der Waals surface area (Å²) in [6, 6.07) is 2.08. The van der Waals surface area contributed by atoms with E-state index in [1.54, 1.807) is 6.07 Å². The van der Waals surface area contributed by atoms with Crippen LogP contribution >= 0.6 is 0 Å². The molecule has 0 spiro atoms. The van der Waals surface area contributed by atoms with Crippen LogP contribution in [0.3, 0.4) is 0 Å². The lowest BCUT2D eigenvalue weighted by atomic mass is 10.1. The average Bonchev–Trinajstić information content (AvgIpc) is 3.07. The van der Waals surface area contributed by atoms with Crippen molar-refractivity contribution in [3.8, 4) is 0 Å². The quantitative estimate of drug-likeness (QED) is 0.821. The summed E-state index contributed by atoms with van der Waals surface area (Å²) in [5, 5.41) is 16.8. The van der Waals surface area contributed by atoms with Gasteiger partial charge in [0, 0.05) is 37.9 Å². The maximum absolute atomic E-state index is 12.3. The van der Waals surface area contributed by atoms with Crippen molar-refractivity contribution in [1.82, 2.24) is 20.0 Å². The Morgan fingerprint density at radius 2 is 2.10 bits per heavy atom. The van der Waals surface area contributed by atoms with Crippen LogP contribution in [-0.4, -0.2) is 69.3 Å². The van der Waals surface area contributed by atoms with Crippen LogP contribution in [0.5, 0.6) is 0 Å². The van der Waals surface area contributed by atoms with Gasteiger partial charge in [-0.2, -0.15) is 5.10 Å². The number of aliphatic hydroxyl groups is 1. The number of aromatic nitrogens is 2. The Morgan fingerprint density at radius 3 is 2.65 bits per heavy atom. The molecule has 6 heteroatoms. The molecule has 2 heterocycles. The average molecular weight is 278 g/mol. The Balaban J connectivity index is 1.57. The van der Waals surface area contributed by atoms with Gasteiger partial charge in [0.15, 0.2) is 0 Å². The zero-order chi connectivity index (χ0) is 14.1. The lowest BCUT2D eigenvalue weighted by molar-refractivity contribution is 0.0313. The standard InChI is InChI=1S/C14H22N4O2/c1-10-9-11(16-15-10)14(20)18-7-5-17(6-8-18)12-3-2-4-13(12)19/h9,12-13,19H,2-8H2,1H3,(H,15,16)/t12-,13+/m0/s1. The molecule has 2 N–H and O–H groups in total. The van der Waals surface area contributed by atoms with Crippen LogP contribution in [0.2, 0.25) is 0 Å². The summed E-state index contributed by atoms with van der Waals surface area (Å²) < 4.78 is 0. The number of carbonyl (C=O) groups is 1. The van der Waals surface area contributed by atoms with Gasteiger partial charge in [-0.15, -0.1) is 0 Å². The normalized spacial score (nSPS) is 28.0. The van der Waals surface area contributed by atoms with E-state index in [0.29, 0.717) is 24.8 Å². The van der Waals surface area contributed by atoms with Crippen molar-refractivity contribution in [3.63, 3.8) is 0 Å². The smallest absolute Gasteiger partial charge is 0.274 e. The molecule has 0 aromatic carbocycles. The number of nitrogens with one attached hydrogen (secondary N) is 1. The van der Waals surface area contributed by atoms with Crippen LogP contribution in [-0.2, 0) is 0 Å². The molecular weight excluding hydrogens is 256 g/mol. The molecule has 110 valence electrons. The Hall–Kier alpha value is -1.40. The Bertz CT molecular complexity index is 479. The number of aryl methyl sites for hydroxylation is 1. The molecule has 3 rings (SSSR count). The van der Waals surface area contributed by atoms with Gasteiger partial charge in [0.2, 0.25) is 0 Å². The van der Waals surface area contributed by atoms with E-state index in [-0.39, 0.29) is 12.0 Å². The third-order valence-corrected chi connectivity index (χ3v) is 4.44. The summed E-state index contributed by atoms with van der Waals surface area (Å²) in [6.07, 6.45) is 2.91. The number of hydrogen-bond acceptors (Lipinski definition) is 4. The number of hydrogen-bond donors (Lipinski definition) is 2. The molecule has 20 heavy (non-hydrogen) atoms. The minimum absolute atomic E-state index is 0.000899. The van der Waals surface area contributed by atoms with Crippen LogP contribution in [0.4, 0.5) is 0 Å². The number of piperazine rings is 1. The summed E-state index contributed by atoms with van der Waals surface area (Å²) >= 11 is 0. The first-order valence-corrected chi connectivity index (χ1v) is 7.38. The molecule has 0 radical (unpaired) electrons. The second-order valence-corrected chi connectivity index (χ2v) is 5.83. The topological polar surface area (TPSA) is 72.5 Å². The highest BCUT2D eigenvalue weighted by atomic mass is 16.3. The lowest BCUT2D eigenvalue weighted by Crippen LogP contribution is -2.53. The molecule has 0 bridgehead atoms. The first-order chi connectivity index (χ1) is 9.65. The summed E-state index contributed by atoms with van der Waals surface area (Å²) in [5.74, 6) is 0.000899. The fraction of sp³-hybridized carbons (Fsp3) is 0.714. The van der Waals surface area contributed by atoms with Crippen LogP contribution in [0.15, 0.2) is 6.07 Å². The van der Waals surface area contributed by atoms with E-state index in [4.69, 9.17) is 0 Å². The fourth-order valence-electron chi connectivity index (χ4n) is 3.29. The predicted octanol–water partition coefficient (Wildman–Crippen LogP) is 0.389. The maximum Gasteiger partial charge on any atom is 0.274 e. The summed E-state index contributed by atoms with van der Waals surface area (Å²) in [7, 11) is 0. The number of rotatable bonds is 2. The molecule has 6 nitrogen and oxygen atoms in total. The second-order valence-electron chi connectivity index (χ2n) is 5.83. The van der Waals surface area contributed by atoms with E-state index in [1.807, 2.05) is 11.8 Å². The molecule has 1 aromatic heterocycles. The van der Waals surface area contributed by atoms with Gasteiger partial charge < -0.3 is 10.0 Å². The van der Waals surface area contributed by atoms with Crippen molar-refractivity contribution in [2.24, 2.45) is 0 Å². The molecule has 2 aliphatic rings. The van der Waals surface area contributed by atoms with E-state index in [2.05, 4.69) is 15.1 Å². The Kier molecular flexibility index (Phi) is 3.76. The minimum Gasteiger partial charge on any atom is -0.391 e. The molecule has 0 unspecified atom stereocenters. The zero-order valence-electron chi connectivity index (χ0n) is 11.9. The number of nitrogens with zero attached hydrogens (tertiary/aromatic N) is 3. The largest absolute Gasteiger partial charge is 0.391 e. The highest BCUT2D eigenvalue weighted by molar-refractivity contribution is 5.92. The molecule has 1 amide bonds. The van der Waals surface area contributed by atoms with Crippen molar-refractivity contribution in [3.05, 3.63) is 17.5 Å². The van der Waals surface area contributed by atoms with Gasteiger partial charge in [0.05, 0.1) is 6.10 Å². The Morgan fingerprint density at radius 1 is 1.35 bits per heavy atom. The minimum atomic E-state index is -0.189. The van der Waals surface area contributed by atoms with Gasteiger partial charge in [-0.25, -0.2) is 0 Å². The van der Waals surface area contributed by atoms with Crippen molar-refractivity contribution in [2.75, 3.05) is 26.2 Å². The Labute approximate surface area is 118 Å². The third kappa shape index (κ3) is 2.58. The zero-order valence-corrected chi connectivity index (χ0v) is 11.9. The van der Waals surface area contributed by atoms with Gasteiger partial charge >= 0.3 is 0 Å². The lowest BCUT2D eigenvalue weighted by Gasteiger charge is -2.38. The van der Waals surface area contributed by atoms with Gasteiger partial charge in [-0.05, 0) is 32.3 Å². The van der Waals surface area contributed by atoms with E-state index in [1.165, 1.54) is 0 Å². The van der Waals surface area contributed by atoms with Crippen LogP contribution in [0.25, 0.3) is 0 Å².